The highest BCUT2D eigenvalue weighted by Gasteiger charge is 2.42. The van der Waals surface area contributed by atoms with Crippen molar-refractivity contribution in [3.8, 4) is 5.75 Å². The Morgan fingerprint density at radius 3 is 2.37 bits per heavy atom. The van der Waals surface area contributed by atoms with Crippen molar-refractivity contribution < 1.29 is 19.2 Å². The smallest absolute Gasteiger partial charge is 0.154 e. The first-order chi connectivity index (χ1) is 14.7. The van der Waals surface area contributed by atoms with Gasteiger partial charge in [-0.3, -0.25) is 0 Å². The van der Waals surface area contributed by atoms with Crippen LogP contribution in [-0.2, 0) is 5.60 Å². The van der Waals surface area contributed by atoms with Gasteiger partial charge in [0.2, 0.25) is 0 Å². The molecule has 158 valence electrons. The van der Waals surface area contributed by atoms with Gasteiger partial charge >= 0.3 is 0 Å². The van der Waals surface area contributed by atoms with Crippen molar-refractivity contribution in [2.75, 3.05) is 26.2 Å². The molecule has 4 nitrogen and oxygen atoms in total. The highest BCUT2D eigenvalue weighted by Crippen LogP contribution is 2.44. The summed E-state index contributed by atoms with van der Waals surface area (Å²) in [5.74, 6) is 1.27. The van der Waals surface area contributed by atoms with Gasteiger partial charge in [-0.1, -0.05) is 49.4 Å². The largest absolute Gasteiger partial charge is 0.488 e. The number of rotatable bonds is 9. The summed E-state index contributed by atoms with van der Waals surface area (Å²) in [6.07, 6.45) is 5.05. The topological polar surface area (TPSA) is 47.0 Å². The number of likely N-dealkylation sites (tertiary alicyclic amines) is 1. The molecule has 2 heterocycles. The molecule has 2 N–H and O–H groups in total. The molecule has 0 bridgehead atoms. The van der Waals surface area contributed by atoms with Crippen LogP contribution in [0.1, 0.15) is 49.0 Å². The minimum atomic E-state index is -1.25. The van der Waals surface area contributed by atoms with Crippen LogP contribution in [0.25, 0.3) is 0 Å². The van der Waals surface area contributed by atoms with Crippen molar-refractivity contribution in [2.45, 2.75) is 37.7 Å². The summed E-state index contributed by atoms with van der Waals surface area (Å²) in [7, 11) is 0. The van der Waals surface area contributed by atoms with Gasteiger partial charge < -0.3 is 19.2 Å². The molecule has 4 rings (SSSR count). The molecular weight excluding hydrogens is 374 g/mol. The average molecular weight is 407 g/mol. The predicted octanol–water partition coefficient (Wildman–Crippen LogP) is 3.77. The number of hydrogen-bond acceptors (Lipinski definition) is 3. The van der Waals surface area contributed by atoms with E-state index in [0.29, 0.717) is 5.76 Å². The molecule has 0 radical (unpaired) electrons. The molecule has 0 saturated carbocycles. The van der Waals surface area contributed by atoms with E-state index in [0.717, 1.165) is 36.4 Å². The normalized spacial score (nSPS) is 17.5. The third kappa shape index (κ3) is 4.30. The number of nitrogens with one attached hydrogen (secondary N) is 1. The fraction of sp³-hybridized carbons (Fsp3) is 0.385. The van der Waals surface area contributed by atoms with Gasteiger partial charge in [0.25, 0.3) is 0 Å². The van der Waals surface area contributed by atoms with Crippen molar-refractivity contribution in [3.63, 3.8) is 0 Å². The molecule has 1 fully saturated rings. The Morgan fingerprint density at radius 2 is 1.73 bits per heavy atom. The quantitative estimate of drug-likeness (QED) is 0.569. The zero-order valence-electron chi connectivity index (χ0n) is 17.7. The van der Waals surface area contributed by atoms with Crippen LogP contribution in [0, 0.1) is 0 Å². The average Bonchev–Trinajstić information content (AvgIpc) is 3.50. The number of benzene rings is 2. The minimum Gasteiger partial charge on any atom is -0.488 e. The first kappa shape index (κ1) is 20.7. The molecular formula is C26H32NO3+. The summed E-state index contributed by atoms with van der Waals surface area (Å²) < 4.78 is 11.7. The maximum Gasteiger partial charge on any atom is 0.154 e. The van der Waals surface area contributed by atoms with Crippen molar-refractivity contribution >= 4 is 0 Å². The number of quaternary nitrogens is 1. The zero-order valence-corrected chi connectivity index (χ0v) is 17.7. The Labute approximate surface area is 179 Å². The Kier molecular flexibility index (Phi) is 6.56. The molecule has 1 saturated heterocycles. The van der Waals surface area contributed by atoms with Crippen LogP contribution in [0.5, 0.6) is 5.75 Å². The number of furan rings is 1. The van der Waals surface area contributed by atoms with E-state index in [4.69, 9.17) is 9.15 Å². The fourth-order valence-electron chi connectivity index (χ4n) is 4.71. The molecule has 0 amide bonds. The van der Waals surface area contributed by atoms with Crippen LogP contribution >= 0.6 is 0 Å². The van der Waals surface area contributed by atoms with Crippen LogP contribution in [-0.4, -0.2) is 31.3 Å². The lowest BCUT2D eigenvalue weighted by molar-refractivity contribution is -0.887. The minimum absolute atomic E-state index is 0.129. The van der Waals surface area contributed by atoms with E-state index in [2.05, 4.69) is 19.1 Å². The summed E-state index contributed by atoms with van der Waals surface area (Å²) >= 11 is 0. The van der Waals surface area contributed by atoms with E-state index in [1.807, 2.05) is 54.6 Å². The SMILES string of the molecule is CC[C@@H](c1ccccc1)[C@@](O)(c1ccc(OCC[NH+]2CCCC2)cc1)c1ccco1. The summed E-state index contributed by atoms with van der Waals surface area (Å²) in [5.41, 5.74) is 0.649. The Hall–Kier alpha value is -2.56. The fourth-order valence-corrected chi connectivity index (χ4v) is 4.71. The third-order valence-electron chi connectivity index (χ3n) is 6.34. The van der Waals surface area contributed by atoms with Crippen molar-refractivity contribution in [1.82, 2.24) is 0 Å². The highest BCUT2D eigenvalue weighted by atomic mass is 16.5. The van der Waals surface area contributed by atoms with Gasteiger partial charge in [0.15, 0.2) is 5.60 Å². The van der Waals surface area contributed by atoms with Crippen LogP contribution in [0.4, 0.5) is 0 Å². The van der Waals surface area contributed by atoms with Gasteiger partial charge in [-0.05, 0) is 41.8 Å². The van der Waals surface area contributed by atoms with Gasteiger partial charge in [-0.25, -0.2) is 0 Å². The first-order valence-electron chi connectivity index (χ1n) is 11.1. The molecule has 30 heavy (non-hydrogen) atoms. The van der Waals surface area contributed by atoms with E-state index in [1.165, 1.54) is 25.9 Å². The zero-order chi connectivity index (χ0) is 20.8. The second-order valence-corrected chi connectivity index (χ2v) is 8.20. The summed E-state index contributed by atoms with van der Waals surface area (Å²) in [5, 5.41) is 12.0. The van der Waals surface area contributed by atoms with Gasteiger partial charge in [-0.2, -0.15) is 0 Å². The molecule has 2 atom stereocenters. The number of aliphatic hydroxyl groups is 1. The summed E-state index contributed by atoms with van der Waals surface area (Å²) in [4.78, 5) is 1.63. The van der Waals surface area contributed by atoms with Gasteiger partial charge in [0.1, 0.15) is 24.7 Å². The van der Waals surface area contributed by atoms with E-state index in [1.54, 1.807) is 11.2 Å². The van der Waals surface area contributed by atoms with E-state index in [9.17, 15) is 5.11 Å². The summed E-state index contributed by atoms with van der Waals surface area (Å²) in [6, 6.07) is 21.7. The van der Waals surface area contributed by atoms with Crippen molar-refractivity contribution in [3.05, 3.63) is 89.9 Å². The molecule has 1 aliphatic rings. The Balaban J connectivity index is 1.56. The molecule has 0 spiro atoms. The Morgan fingerprint density at radius 1 is 1.00 bits per heavy atom. The van der Waals surface area contributed by atoms with Gasteiger partial charge in [-0.15, -0.1) is 0 Å². The standard InChI is InChI=1S/C26H31NO3/c1-2-24(21-9-4-3-5-10-21)26(28,25-11-8-19-30-25)22-12-14-23(15-13-22)29-20-18-27-16-6-7-17-27/h3-5,8-15,19,24,28H,2,6-7,16-18,20H2,1H3/p+1/t24-,26-/m0/s1. The second-order valence-electron chi connectivity index (χ2n) is 8.20. The molecule has 4 heteroatoms. The first-order valence-corrected chi connectivity index (χ1v) is 11.1. The molecule has 1 aliphatic heterocycles. The van der Waals surface area contributed by atoms with Crippen molar-refractivity contribution in [1.29, 1.82) is 0 Å². The predicted molar refractivity (Wildman–Crippen MR) is 118 cm³/mol. The number of hydrogen-bond donors (Lipinski definition) is 2. The molecule has 0 aliphatic carbocycles. The van der Waals surface area contributed by atoms with Crippen LogP contribution in [0.3, 0.4) is 0 Å². The third-order valence-corrected chi connectivity index (χ3v) is 6.34. The number of ether oxygens (including phenoxy) is 1. The van der Waals surface area contributed by atoms with Crippen LogP contribution in [0.15, 0.2) is 77.4 Å². The van der Waals surface area contributed by atoms with Gasteiger partial charge in [0, 0.05) is 18.8 Å². The molecule has 2 aromatic carbocycles. The Bertz CT molecular complexity index is 886. The van der Waals surface area contributed by atoms with E-state index >= 15 is 0 Å². The maximum absolute atomic E-state index is 12.0. The molecule has 0 unspecified atom stereocenters. The van der Waals surface area contributed by atoms with Crippen molar-refractivity contribution in [2.24, 2.45) is 0 Å². The summed E-state index contributed by atoms with van der Waals surface area (Å²) in [6.45, 7) is 6.39. The highest BCUT2D eigenvalue weighted by molar-refractivity contribution is 5.40. The lowest BCUT2D eigenvalue weighted by Crippen LogP contribution is -3.10. The molecule has 1 aromatic heterocycles. The van der Waals surface area contributed by atoms with Crippen LogP contribution in [0.2, 0.25) is 0 Å². The monoisotopic (exact) mass is 406 g/mol. The maximum atomic E-state index is 12.0. The lowest BCUT2D eigenvalue weighted by atomic mass is 9.74. The van der Waals surface area contributed by atoms with Gasteiger partial charge in [0.05, 0.1) is 19.4 Å². The lowest BCUT2D eigenvalue weighted by Gasteiger charge is -2.35. The van der Waals surface area contributed by atoms with E-state index < -0.39 is 5.60 Å². The van der Waals surface area contributed by atoms with Crippen LogP contribution < -0.4 is 9.64 Å². The second kappa shape index (κ2) is 9.50. The molecule has 3 aromatic rings. The van der Waals surface area contributed by atoms with E-state index in [-0.39, 0.29) is 5.92 Å².